The maximum atomic E-state index is 13.3. The zero-order chi connectivity index (χ0) is 10.7. The molecule has 1 heterocycles. The van der Waals surface area contributed by atoms with E-state index in [0.717, 1.165) is 30.3 Å². The lowest BCUT2D eigenvalue weighted by atomic mass is 10.1. The summed E-state index contributed by atoms with van der Waals surface area (Å²) in [4.78, 5) is 0. The first kappa shape index (κ1) is 10.2. The number of para-hydroxylation sites is 1. The summed E-state index contributed by atoms with van der Waals surface area (Å²) < 4.78 is 18.5. The first-order chi connectivity index (χ1) is 7.33. The van der Waals surface area contributed by atoms with Gasteiger partial charge < -0.3 is 9.73 Å². The Kier molecular flexibility index (Phi) is 3.02. The Hall–Kier alpha value is -1.35. The molecule has 15 heavy (non-hydrogen) atoms. The lowest BCUT2D eigenvalue weighted by Crippen LogP contribution is -2.08. The zero-order valence-corrected chi connectivity index (χ0v) is 8.72. The smallest absolute Gasteiger partial charge is 0.169 e. The van der Waals surface area contributed by atoms with Crippen LogP contribution in [0.1, 0.15) is 12.0 Å². The van der Waals surface area contributed by atoms with Gasteiger partial charge in [0.25, 0.3) is 0 Å². The number of nitrogens with one attached hydrogen (secondary N) is 1. The van der Waals surface area contributed by atoms with E-state index in [1.165, 1.54) is 6.07 Å². The topological polar surface area (TPSA) is 25.2 Å². The molecule has 0 saturated heterocycles. The van der Waals surface area contributed by atoms with Crippen molar-refractivity contribution in [3.63, 3.8) is 0 Å². The van der Waals surface area contributed by atoms with E-state index in [0.29, 0.717) is 5.58 Å². The van der Waals surface area contributed by atoms with Crippen LogP contribution in [0, 0.1) is 5.82 Å². The molecule has 80 valence electrons. The van der Waals surface area contributed by atoms with Crippen molar-refractivity contribution < 1.29 is 8.81 Å². The van der Waals surface area contributed by atoms with Gasteiger partial charge in [0.2, 0.25) is 0 Å². The maximum absolute atomic E-state index is 13.3. The Morgan fingerprint density at radius 1 is 1.40 bits per heavy atom. The molecule has 0 amide bonds. The van der Waals surface area contributed by atoms with E-state index in [4.69, 9.17) is 4.42 Å². The third-order valence-corrected chi connectivity index (χ3v) is 2.50. The summed E-state index contributed by atoms with van der Waals surface area (Å²) in [5, 5.41) is 3.98. The number of furan rings is 1. The summed E-state index contributed by atoms with van der Waals surface area (Å²) in [5.74, 6) is -0.285. The Bertz CT molecular complexity index is 450. The van der Waals surface area contributed by atoms with Crippen molar-refractivity contribution in [3.8, 4) is 0 Å². The molecule has 1 N–H and O–H groups in total. The number of rotatable bonds is 4. The van der Waals surface area contributed by atoms with Gasteiger partial charge in [0.05, 0.1) is 6.26 Å². The van der Waals surface area contributed by atoms with Gasteiger partial charge in [0.15, 0.2) is 11.4 Å². The van der Waals surface area contributed by atoms with Gasteiger partial charge in [-0.1, -0.05) is 12.1 Å². The second kappa shape index (κ2) is 4.45. The Labute approximate surface area is 88.1 Å². The van der Waals surface area contributed by atoms with E-state index in [1.807, 2.05) is 13.1 Å². The van der Waals surface area contributed by atoms with Gasteiger partial charge in [-0.2, -0.15) is 0 Å². The average Bonchev–Trinajstić information content (AvgIpc) is 2.64. The molecule has 2 nitrogen and oxygen atoms in total. The molecule has 0 unspecified atom stereocenters. The predicted molar refractivity (Wildman–Crippen MR) is 58.4 cm³/mol. The van der Waals surface area contributed by atoms with Crippen LogP contribution in [0.25, 0.3) is 11.0 Å². The van der Waals surface area contributed by atoms with Crippen molar-refractivity contribution in [2.45, 2.75) is 12.8 Å². The van der Waals surface area contributed by atoms with Crippen molar-refractivity contribution in [2.75, 3.05) is 13.6 Å². The van der Waals surface area contributed by atoms with E-state index in [1.54, 1.807) is 12.3 Å². The third-order valence-electron chi connectivity index (χ3n) is 2.50. The highest BCUT2D eigenvalue weighted by Gasteiger charge is 2.08. The van der Waals surface area contributed by atoms with Crippen molar-refractivity contribution in [1.29, 1.82) is 0 Å². The van der Waals surface area contributed by atoms with Crippen LogP contribution in [-0.2, 0) is 6.42 Å². The maximum Gasteiger partial charge on any atom is 0.169 e. The summed E-state index contributed by atoms with van der Waals surface area (Å²) in [5.41, 5.74) is 1.46. The van der Waals surface area contributed by atoms with Gasteiger partial charge in [0, 0.05) is 5.39 Å². The van der Waals surface area contributed by atoms with Crippen LogP contribution in [0.5, 0.6) is 0 Å². The van der Waals surface area contributed by atoms with E-state index < -0.39 is 0 Å². The van der Waals surface area contributed by atoms with Gasteiger partial charge in [-0.15, -0.1) is 0 Å². The summed E-state index contributed by atoms with van der Waals surface area (Å²) in [6, 6.07) is 5.04. The molecule has 0 spiro atoms. The second-order valence-electron chi connectivity index (χ2n) is 3.58. The molecule has 0 aliphatic heterocycles. The van der Waals surface area contributed by atoms with Crippen LogP contribution in [0.3, 0.4) is 0 Å². The molecule has 0 bridgehead atoms. The molecule has 0 aliphatic carbocycles. The minimum atomic E-state index is -0.285. The molecule has 0 atom stereocenters. The standard InChI is InChI=1S/C12H14FNO/c1-14-7-3-4-9-8-15-12-10(9)5-2-6-11(12)13/h2,5-6,8,14H,3-4,7H2,1H3. The largest absolute Gasteiger partial charge is 0.461 e. The fraction of sp³-hybridized carbons (Fsp3) is 0.333. The van der Waals surface area contributed by atoms with Crippen LogP contribution in [0.2, 0.25) is 0 Å². The first-order valence-electron chi connectivity index (χ1n) is 5.12. The number of fused-ring (bicyclic) bond motifs is 1. The van der Waals surface area contributed by atoms with Gasteiger partial charge >= 0.3 is 0 Å². The van der Waals surface area contributed by atoms with Crippen LogP contribution in [-0.4, -0.2) is 13.6 Å². The van der Waals surface area contributed by atoms with Gasteiger partial charge in [-0.05, 0) is 38.1 Å². The molecule has 0 saturated carbocycles. The zero-order valence-electron chi connectivity index (χ0n) is 8.72. The Balaban J connectivity index is 2.25. The lowest BCUT2D eigenvalue weighted by Gasteiger charge is -1.98. The number of benzene rings is 1. The Morgan fingerprint density at radius 3 is 3.07 bits per heavy atom. The van der Waals surface area contributed by atoms with Crippen LogP contribution in [0.15, 0.2) is 28.9 Å². The molecule has 2 rings (SSSR count). The molecule has 3 heteroatoms. The van der Waals surface area contributed by atoms with Gasteiger partial charge in [-0.25, -0.2) is 4.39 Å². The van der Waals surface area contributed by atoms with E-state index in [9.17, 15) is 4.39 Å². The molecular weight excluding hydrogens is 193 g/mol. The SMILES string of the molecule is CNCCCc1coc2c(F)cccc12. The first-order valence-corrected chi connectivity index (χ1v) is 5.12. The van der Waals surface area contributed by atoms with E-state index in [-0.39, 0.29) is 5.82 Å². The van der Waals surface area contributed by atoms with Gasteiger partial charge in [-0.3, -0.25) is 0 Å². The quantitative estimate of drug-likeness (QED) is 0.780. The van der Waals surface area contributed by atoms with E-state index in [2.05, 4.69) is 5.32 Å². The van der Waals surface area contributed by atoms with E-state index >= 15 is 0 Å². The number of hydrogen-bond acceptors (Lipinski definition) is 2. The molecule has 1 aromatic carbocycles. The Morgan fingerprint density at radius 2 is 2.27 bits per heavy atom. The highest BCUT2D eigenvalue weighted by molar-refractivity contribution is 5.81. The molecule has 0 radical (unpaired) electrons. The third kappa shape index (κ3) is 2.02. The summed E-state index contributed by atoms with van der Waals surface area (Å²) in [7, 11) is 1.92. The summed E-state index contributed by atoms with van der Waals surface area (Å²) >= 11 is 0. The minimum Gasteiger partial charge on any atom is -0.461 e. The number of aryl methyl sites for hydroxylation is 1. The molecule has 1 aromatic heterocycles. The molecule has 2 aromatic rings. The van der Waals surface area contributed by atoms with Crippen LogP contribution in [0.4, 0.5) is 4.39 Å². The number of halogens is 1. The summed E-state index contributed by atoms with van der Waals surface area (Å²) in [6.45, 7) is 0.960. The van der Waals surface area contributed by atoms with Gasteiger partial charge in [0.1, 0.15) is 0 Å². The minimum absolute atomic E-state index is 0.285. The highest BCUT2D eigenvalue weighted by atomic mass is 19.1. The monoisotopic (exact) mass is 207 g/mol. The fourth-order valence-electron chi connectivity index (χ4n) is 1.72. The van der Waals surface area contributed by atoms with Crippen LogP contribution < -0.4 is 5.32 Å². The normalized spacial score (nSPS) is 11.1. The molecular formula is C12H14FNO. The van der Waals surface area contributed by atoms with Crippen LogP contribution >= 0.6 is 0 Å². The van der Waals surface area contributed by atoms with Crippen molar-refractivity contribution >= 4 is 11.0 Å². The second-order valence-corrected chi connectivity index (χ2v) is 3.58. The number of hydrogen-bond donors (Lipinski definition) is 1. The van der Waals surface area contributed by atoms with Crippen molar-refractivity contribution in [2.24, 2.45) is 0 Å². The molecule has 0 fully saturated rings. The van der Waals surface area contributed by atoms with Crippen molar-refractivity contribution in [3.05, 3.63) is 35.8 Å². The molecule has 0 aliphatic rings. The van der Waals surface area contributed by atoms with Crippen molar-refractivity contribution in [1.82, 2.24) is 5.32 Å². The lowest BCUT2D eigenvalue weighted by molar-refractivity contribution is 0.557. The fourth-order valence-corrected chi connectivity index (χ4v) is 1.72. The summed E-state index contributed by atoms with van der Waals surface area (Å²) in [6.07, 6.45) is 3.60. The highest BCUT2D eigenvalue weighted by Crippen LogP contribution is 2.24. The predicted octanol–water partition coefficient (Wildman–Crippen LogP) is 2.72. The average molecular weight is 207 g/mol.